The molecule has 33 heavy (non-hydrogen) atoms. The van der Waals surface area contributed by atoms with Gasteiger partial charge in [-0.2, -0.15) is 5.10 Å². The molecule has 1 fully saturated rings. The fourth-order valence-corrected chi connectivity index (χ4v) is 4.74. The average Bonchev–Trinajstić information content (AvgIpc) is 3.26. The van der Waals surface area contributed by atoms with Crippen molar-refractivity contribution in [1.29, 1.82) is 0 Å². The van der Waals surface area contributed by atoms with Crippen LogP contribution in [0.4, 0.5) is 4.39 Å². The summed E-state index contributed by atoms with van der Waals surface area (Å²) in [6.07, 6.45) is 8.62. The number of pyridine rings is 2. The standard InChI is InChI=1S/C22H22ClFN6O3/c1-2-28-18-5-3-4-6-29(18)30-11-15(20(31)21(32)19(30)22(28)33)13-8-26-27(10-13)12-17-16(24)7-14(23)9-25-17/h7-11,18,32H,2-6,12H2,1H3/t18-/m0/s1. The highest BCUT2D eigenvalue weighted by molar-refractivity contribution is 6.30. The number of carbonyl (C=O) groups excluding carboxylic acids is 1. The van der Waals surface area contributed by atoms with Crippen LogP contribution in [0.25, 0.3) is 11.1 Å². The summed E-state index contributed by atoms with van der Waals surface area (Å²) < 4.78 is 17.2. The molecule has 5 heterocycles. The van der Waals surface area contributed by atoms with E-state index in [1.807, 2.05) is 11.9 Å². The summed E-state index contributed by atoms with van der Waals surface area (Å²) in [5.41, 5.74) is 0.119. The number of aromatic hydroxyl groups is 1. The number of aromatic nitrogens is 4. The van der Waals surface area contributed by atoms with Gasteiger partial charge in [-0.1, -0.05) is 11.6 Å². The van der Waals surface area contributed by atoms with Gasteiger partial charge in [0.1, 0.15) is 12.0 Å². The Labute approximate surface area is 193 Å². The van der Waals surface area contributed by atoms with Crippen molar-refractivity contribution < 1.29 is 14.3 Å². The van der Waals surface area contributed by atoms with Gasteiger partial charge in [0.05, 0.1) is 29.0 Å². The van der Waals surface area contributed by atoms with Gasteiger partial charge >= 0.3 is 0 Å². The zero-order valence-electron chi connectivity index (χ0n) is 17.9. The van der Waals surface area contributed by atoms with Crippen molar-refractivity contribution in [2.75, 3.05) is 18.1 Å². The van der Waals surface area contributed by atoms with Gasteiger partial charge in [0.2, 0.25) is 5.43 Å². The molecule has 0 bridgehead atoms. The summed E-state index contributed by atoms with van der Waals surface area (Å²) in [5, 5.41) is 17.2. The summed E-state index contributed by atoms with van der Waals surface area (Å²) in [5.74, 6) is -1.50. The first-order chi connectivity index (χ1) is 15.9. The van der Waals surface area contributed by atoms with E-state index in [1.54, 1.807) is 22.0 Å². The third kappa shape index (κ3) is 3.54. The number of halogens is 2. The monoisotopic (exact) mass is 472 g/mol. The Kier molecular flexibility index (Phi) is 5.32. The minimum atomic E-state index is -0.656. The molecular weight excluding hydrogens is 451 g/mol. The molecule has 0 spiro atoms. The number of rotatable bonds is 4. The topological polar surface area (TPSA) is 96.5 Å². The number of amides is 1. The van der Waals surface area contributed by atoms with Gasteiger partial charge in [-0.3, -0.25) is 28.9 Å². The molecule has 2 aliphatic rings. The fraction of sp³-hybridized carbons (Fsp3) is 0.364. The fourth-order valence-electron chi connectivity index (χ4n) is 4.59. The normalized spacial score (nSPS) is 17.8. The first-order valence-electron chi connectivity index (χ1n) is 10.8. The second-order valence-electron chi connectivity index (χ2n) is 8.15. The van der Waals surface area contributed by atoms with Crippen molar-refractivity contribution in [2.24, 2.45) is 0 Å². The van der Waals surface area contributed by atoms with Crippen molar-refractivity contribution >= 4 is 17.5 Å². The highest BCUT2D eigenvalue weighted by Crippen LogP contribution is 2.31. The molecule has 1 atom stereocenters. The second-order valence-corrected chi connectivity index (χ2v) is 8.59. The third-order valence-corrected chi connectivity index (χ3v) is 6.40. The first kappa shape index (κ1) is 21.4. The molecule has 172 valence electrons. The molecule has 1 amide bonds. The van der Waals surface area contributed by atoms with Gasteiger partial charge in [0.25, 0.3) is 5.91 Å². The Morgan fingerprint density at radius 2 is 2.06 bits per heavy atom. The highest BCUT2D eigenvalue weighted by atomic mass is 35.5. The molecule has 1 N–H and O–H groups in total. The van der Waals surface area contributed by atoms with E-state index in [0.29, 0.717) is 18.7 Å². The molecule has 9 nitrogen and oxygen atoms in total. The molecule has 3 aromatic rings. The Morgan fingerprint density at radius 1 is 1.24 bits per heavy atom. The van der Waals surface area contributed by atoms with Gasteiger partial charge in [-0.05, 0) is 32.3 Å². The van der Waals surface area contributed by atoms with Crippen LogP contribution in [0.5, 0.6) is 5.75 Å². The van der Waals surface area contributed by atoms with Gasteiger partial charge in [-0.25, -0.2) is 4.39 Å². The Morgan fingerprint density at radius 3 is 2.82 bits per heavy atom. The molecule has 3 aromatic heterocycles. The van der Waals surface area contributed by atoms with Crippen LogP contribution in [-0.2, 0) is 6.54 Å². The summed E-state index contributed by atoms with van der Waals surface area (Å²) in [6, 6.07) is 1.17. The zero-order valence-corrected chi connectivity index (χ0v) is 18.7. The molecule has 0 aliphatic carbocycles. The maximum atomic E-state index is 14.1. The Balaban J connectivity index is 1.55. The maximum Gasteiger partial charge on any atom is 0.278 e. The van der Waals surface area contributed by atoms with E-state index in [0.717, 1.165) is 19.3 Å². The lowest BCUT2D eigenvalue weighted by Gasteiger charge is -2.48. The second kappa shape index (κ2) is 8.18. The Bertz CT molecular complexity index is 1310. The minimum Gasteiger partial charge on any atom is -0.502 e. The van der Waals surface area contributed by atoms with E-state index in [4.69, 9.17) is 11.6 Å². The summed E-state index contributed by atoms with van der Waals surface area (Å²) in [6.45, 7) is 3.11. The van der Waals surface area contributed by atoms with Gasteiger partial charge in [0, 0.05) is 37.2 Å². The molecule has 0 saturated carbocycles. The largest absolute Gasteiger partial charge is 0.502 e. The van der Waals surface area contributed by atoms with E-state index < -0.39 is 17.0 Å². The van der Waals surface area contributed by atoms with Gasteiger partial charge in [0.15, 0.2) is 11.4 Å². The summed E-state index contributed by atoms with van der Waals surface area (Å²) in [7, 11) is 0. The smallest absolute Gasteiger partial charge is 0.278 e. The van der Waals surface area contributed by atoms with Crippen LogP contribution < -0.4 is 10.4 Å². The van der Waals surface area contributed by atoms with Crippen LogP contribution in [-0.4, -0.2) is 54.6 Å². The van der Waals surface area contributed by atoms with Crippen LogP contribution in [0.1, 0.15) is 42.4 Å². The number of carbonyl (C=O) groups is 1. The lowest BCUT2D eigenvalue weighted by atomic mass is 10.0. The van der Waals surface area contributed by atoms with E-state index in [9.17, 15) is 19.1 Å². The molecule has 5 rings (SSSR count). The van der Waals surface area contributed by atoms with Crippen molar-refractivity contribution in [2.45, 2.75) is 38.9 Å². The third-order valence-electron chi connectivity index (χ3n) is 6.19. The van der Waals surface area contributed by atoms with E-state index >= 15 is 0 Å². The van der Waals surface area contributed by atoms with Crippen LogP contribution in [0.3, 0.4) is 0 Å². The van der Waals surface area contributed by atoms with Crippen LogP contribution >= 0.6 is 11.6 Å². The maximum absolute atomic E-state index is 14.1. The summed E-state index contributed by atoms with van der Waals surface area (Å²) >= 11 is 5.75. The molecule has 2 aliphatic heterocycles. The lowest BCUT2D eigenvalue weighted by molar-refractivity contribution is 0.0536. The Hall–Kier alpha value is -3.40. The number of hydrogen-bond acceptors (Lipinski definition) is 6. The lowest BCUT2D eigenvalue weighted by Crippen LogP contribution is -2.62. The number of hydrogen-bond donors (Lipinski definition) is 1. The number of nitrogens with zero attached hydrogens (tertiary/aromatic N) is 6. The van der Waals surface area contributed by atoms with Crippen LogP contribution in [0.15, 0.2) is 35.6 Å². The zero-order chi connectivity index (χ0) is 23.3. The van der Waals surface area contributed by atoms with E-state index in [2.05, 4.69) is 10.1 Å². The molecule has 1 saturated heterocycles. The van der Waals surface area contributed by atoms with Gasteiger partial charge < -0.3 is 10.0 Å². The number of fused-ring (bicyclic) bond motifs is 3. The molecule has 0 unspecified atom stereocenters. The van der Waals surface area contributed by atoms with Crippen molar-refractivity contribution in [1.82, 2.24) is 24.3 Å². The molecule has 11 heteroatoms. The quantitative estimate of drug-likeness (QED) is 0.627. The molecular formula is C22H22ClFN6O3. The van der Waals surface area contributed by atoms with Gasteiger partial charge in [-0.15, -0.1) is 0 Å². The van der Waals surface area contributed by atoms with E-state index in [1.165, 1.54) is 23.1 Å². The minimum absolute atomic E-state index is 0.0245. The summed E-state index contributed by atoms with van der Waals surface area (Å²) in [4.78, 5) is 31.8. The highest BCUT2D eigenvalue weighted by Gasteiger charge is 2.40. The number of piperidine rings is 1. The van der Waals surface area contributed by atoms with E-state index in [-0.39, 0.29) is 40.6 Å². The SMILES string of the molecule is CCN1C(=O)c2c(O)c(=O)c(-c3cnn(Cc4ncc(Cl)cc4F)c3)cn2N2CCCC[C@@H]12. The predicted molar refractivity (Wildman–Crippen MR) is 119 cm³/mol. The molecule has 0 aromatic carbocycles. The van der Waals surface area contributed by atoms with Crippen LogP contribution in [0, 0.1) is 5.82 Å². The first-order valence-corrected chi connectivity index (χ1v) is 11.2. The van der Waals surface area contributed by atoms with Crippen molar-refractivity contribution in [3.05, 3.63) is 63.3 Å². The van der Waals surface area contributed by atoms with Crippen molar-refractivity contribution in [3.8, 4) is 16.9 Å². The van der Waals surface area contributed by atoms with Crippen molar-refractivity contribution in [3.63, 3.8) is 0 Å². The average molecular weight is 473 g/mol. The molecule has 0 radical (unpaired) electrons. The van der Waals surface area contributed by atoms with Crippen LogP contribution in [0.2, 0.25) is 5.02 Å². The predicted octanol–water partition coefficient (Wildman–Crippen LogP) is 2.58.